The van der Waals surface area contributed by atoms with E-state index in [1.807, 2.05) is 67.3 Å². The first-order valence-corrected chi connectivity index (χ1v) is 11.2. The molecule has 2 aliphatic heterocycles. The maximum Gasteiger partial charge on any atom is 0.270 e. The molecular weight excluding hydrogens is 418 g/mol. The van der Waals surface area contributed by atoms with Gasteiger partial charge in [-0.1, -0.05) is 30.3 Å². The van der Waals surface area contributed by atoms with E-state index in [1.165, 1.54) is 5.01 Å². The number of hydrogen-bond donors (Lipinski definition) is 1. The van der Waals surface area contributed by atoms with Crippen LogP contribution in [0.1, 0.15) is 24.0 Å². The third kappa shape index (κ3) is 5.46. The van der Waals surface area contributed by atoms with Crippen LogP contribution in [0.5, 0.6) is 0 Å². The molecule has 172 valence electrons. The molecule has 2 aromatic carbocycles. The van der Waals surface area contributed by atoms with E-state index in [1.54, 1.807) is 4.90 Å². The molecule has 2 aliphatic rings. The van der Waals surface area contributed by atoms with Crippen molar-refractivity contribution in [3.05, 3.63) is 59.7 Å². The van der Waals surface area contributed by atoms with Gasteiger partial charge in [-0.15, -0.1) is 0 Å². The molecule has 2 aromatic rings. The number of carbonyl (C=O) groups excluding carboxylic acids is 3. The number of carbonyl (C=O) groups is 3. The standard InChI is InChI=1S/C25H29N5O3/c1-18-8-9-19(2)22(16-18)30-24(32)11-10-21(27-30)25(33)29-14-12-28(13-15-29)17-23(31)26-20-6-4-3-5-7-20/h3-9,16H,10-15,17H2,1-2H3,(H,26,31). The van der Waals surface area contributed by atoms with Gasteiger partial charge >= 0.3 is 0 Å². The summed E-state index contributed by atoms with van der Waals surface area (Å²) in [6, 6.07) is 15.2. The van der Waals surface area contributed by atoms with Gasteiger partial charge in [0.25, 0.3) is 5.91 Å². The minimum absolute atomic E-state index is 0.0692. The predicted molar refractivity (Wildman–Crippen MR) is 128 cm³/mol. The van der Waals surface area contributed by atoms with Crippen LogP contribution in [0.25, 0.3) is 0 Å². The third-order valence-corrected chi connectivity index (χ3v) is 5.96. The average molecular weight is 448 g/mol. The van der Waals surface area contributed by atoms with Crippen molar-refractivity contribution in [1.29, 1.82) is 0 Å². The van der Waals surface area contributed by atoms with E-state index < -0.39 is 0 Å². The lowest BCUT2D eigenvalue weighted by Crippen LogP contribution is -2.52. The highest BCUT2D eigenvalue weighted by atomic mass is 16.2. The van der Waals surface area contributed by atoms with Crippen molar-refractivity contribution < 1.29 is 14.4 Å². The quantitative estimate of drug-likeness (QED) is 0.764. The number of rotatable bonds is 5. The Morgan fingerprint density at radius 3 is 2.42 bits per heavy atom. The average Bonchev–Trinajstić information content (AvgIpc) is 2.82. The third-order valence-electron chi connectivity index (χ3n) is 5.96. The van der Waals surface area contributed by atoms with E-state index >= 15 is 0 Å². The molecule has 0 aliphatic carbocycles. The zero-order valence-electron chi connectivity index (χ0n) is 19.1. The summed E-state index contributed by atoms with van der Waals surface area (Å²) >= 11 is 0. The van der Waals surface area contributed by atoms with Crippen LogP contribution in [0.3, 0.4) is 0 Å². The molecule has 0 radical (unpaired) electrons. The van der Waals surface area contributed by atoms with E-state index in [0.717, 1.165) is 22.5 Å². The van der Waals surface area contributed by atoms with Crippen molar-refractivity contribution in [2.75, 3.05) is 43.0 Å². The van der Waals surface area contributed by atoms with Gasteiger partial charge in [-0.05, 0) is 43.2 Å². The van der Waals surface area contributed by atoms with E-state index in [4.69, 9.17) is 0 Å². The van der Waals surface area contributed by atoms with Crippen LogP contribution in [0.15, 0.2) is 53.6 Å². The minimum Gasteiger partial charge on any atom is -0.335 e. The topological polar surface area (TPSA) is 85.3 Å². The van der Waals surface area contributed by atoms with Gasteiger partial charge in [0.15, 0.2) is 0 Å². The number of aryl methyl sites for hydroxylation is 2. The van der Waals surface area contributed by atoms with E-state index in [9.17, 15) is 14.4 Å². The molecule has 0 aromatic heterocycles. The van der Waals surface area contributed by atoms with E-state index in [0.29, 0.717) is 38.3 Å². The number of hydrazone groups is 1. The van der Waals surface area contributed by atoms with Crippen molar-refractivity contribution in [3.63, 3.8) is 0 Å². The van der Waals surface area contributed by atoms with Crippen LogP contribution in [0.4, 0.5) is 11.4 Å². The van der Waals surface area contributed by atoms with Gasteiger partial charge in [0.2, 0.25) is 11.8 Å². The van der Waals surface area contributed by atoms with Crippen molar-refractivity contribution >= 4 is 34.8 Å². The van der Waals surface area contributed by atoms with Gasteiger partial charge in [0, 0.05) is 44.7 Å². The lowest BCUT2D eigenvalue weighted by Gasteiger charge is -2.35. The maximum atomic E-state index is 13.1. The number of nitrogens with zero attached hydrogens (tertiary/aromatic N) is 4. The summed E-state index contributed by atoms with van der Waals surface area (Å²) in [4.78, 5) is 41.8. The minimum atomic E-state index is -0.133. The van der Waals surface area contributed by atoms with Crippen LogP contribution < -0.4 is 10.3 Å². The van der Waals surface area contributed by atoms with Crippen molar-refractivity contribution in [1.82, 2.24) is 9.80 Å². The monoisotopic (exact) mass is 447 g/mol. The molecule has 4 rings (SSSR count). The maximum absolute atomic E-state index is 13.1. The number of para-hydroxylation sites is 1. The summed E-state index contributed by atoms with van der Waals surface area (Å²) in [5.74, 6) is -0.305. The fraction of sp³-hybridized carbons (Fsp3) is 0.360. The van der Waals surface area contributed by atoms with Gasteiger partial charge in [0.1, 0.15) is 5.71 Å². The van der Waals surface area contributed by atoms with Gasteiger partial charge in [-0.2, -0.15) is 5.10 Å². The molecule has 2 heterocycles. The van der Waals surface area contributed by atoms with Crippen molar-refractivity contribution in [2.45, 2.75) is 26.7 Å². The van der Waals surface area contributed by atoms with E-state index in [2.05, 4.69) is 10.4 Å². The predicted octanol–water partition coefficient (Wildman–Crippen LogP) is 2.57. The Morgan fingerprint density at radius 2 is 1.70 bits per heavy atom. The molecule has 1 N–H and O–H groups in total. The molecule has 0 spiro atoms. The second kappa shape index (κ2) is 9.95. The lowest BCUT2D eigenvalue weighted by atomic mass is 10.1. The van der Waals surface area contributed by atoms with Crippen LogP contribution >= 0.6 is 0 Å². The summed E-state index contributed by atoms with van der Waals surface area (Å²) in [6.07, 6.45) is 0.607. The number of hydrogen-bond acceptors (Lipinski definition) is 5. The highest BCUT2D eigenvalue weighted by Gasteiger charge is 2.31. The summed E-state index contributed by atoms with van der Waals surface area (Å²) in [5.41, 5.74) is 3.87. The van der Waals surface area contributed by atoms with Crippen molar-refractivity contribution in [3.8, 4) is 0 Å². The fourth-order valence-corrected chi connectivity index (χ4v) is 4.06. The molecule has 33 heavy (non-hydrogen) atoms. The van der Waals surface area contributed by atoms with E-state index in [-0.39, 0.29) is 30.7 Å². The van der Waals surface area contributed by atoms with Crippen LogP contribution in [-0.2, 0) is 14.4 Å². The Hall–Kier alpha value is -3.52. The molecule has 8 heteroatoms. The van der Waals surface area contributed by atoms with Gasteiger partial charge in [-0.3, -0.25) is 19.3 Å². The lowest BCUT2D eigenvalue weighted by molar-refractivity contribution is -0.126. The summed E-state index contributed by atoms with van der Waals surface area (Å²) in [6.45, 7) is 6.45. The van der Waals surface area contributed by atoms with Crippen LogP contribution in [-0.4, -0.2) is 66.0 Å². The van der Waals surface area contributed by atoms with Crippen LogP contribution in [0, 0.1) is 13.8 Å². The van der Waals surface area contributed by atoms with Crippen LogP contribution in [0.2, 0.25) is 0 Å². The number of anilines is 2. The number of amides is 3. The van der Waals surface area contributed by atoms with Gasteiger partial charge in [-0.25, -0.2) is 5.01 Å². The Balaban J connectivity index is 1.35. The fourth-order valence-electron chi connectivity index (χ4n) is 4.06. The first-order chi connectivity index (χ1) is 15.9. The van der Waals surface area contributed by atoms with Gasteiger partial charge in [0.05, 0.1) is 12.2 Å². The Kier molecular flexibility index (Phi) is 6.84. The smallest absolute Gasteiger partial charge is 0.270 e. The number of benzene rings is 2. The zero-order valence-corrected chi connectivity index (χ0v) is 19.1. The Labute approximate surface area is 193 Å². The molecule has 1 fully saturated rings. The normalized spacial score (nSPS) is 17.0. The zero-order chi connectivity index (χ0) is 23.4. The first-order valence-electron chi connectivity index (χ1n) is 11.2. The number of piperazine rings is 1. The number of nitrogens with one attached hydrogen (secondary N) is 1. The molecule has 0 unspecified atom stereocenters. The SMILES string of the molecule is Cc1ccc(C)c(N2N=C(C(=O)N3CCN(CC(=O)Nc4ccccc4)CC3)CCC2=O)c1. The molecule has 8 nitrogen and oxygen atoms in total. The molecular formula is C25H29N5O3. The second-order valence-corrected chi connectivity index (χ2v) is 8.52. The molecule has 0 atom stereocenters. The molecule has 3 amide bonds. The largest absolute Gasteiger partial charge is 0.335 e. The van der Waals surface area contributed by atoms with Crippen molar-refractivity contribution in [2.24, 2.45) is 5.10 Å². The first kappa shape index (κ1) is 22.7. The summed E-state index contributed by atoms with van der Waals surface area (Å²) < 4.78 is 0. The van der Waals surface area contributed by atoms with Gasteiger partial charge < -0.3 is 10.2 Å². The Morgan fingerprint density at radius 1 is 0.970 bits per heavy atom. The highest BCUT2D eigenvalue weighted by Crippen LogP contribution is 2.26. The Bertz CT molecular complexity index is 1070. The second-order valence-electron chi connectivity index (χ2n) is 8.52. The summed E-state index contributed by atoms with van der Waals surface area (Å²) in [7, 11) is 0. The molecule has 1 saturated heterocycles. The highest BCUT2D eigenvalue weighted by molar-refractivity contribution is 6.40. The molecule has 0 saturated carbocycles. The summed E-state index contributed by atoms with van der Waals surface area (Å²) in [5, 5.41) is 8.72. The molecule has 0 bridgehead atoms.